The molecular formula is C23H24N2O2. The Morgan fingerprint density at radius 1 is 1.22 bits per heavy atom. The van der Waals surface area contributed by atoms with Crippen molar-refractivity contribution in [3.05, 3.63) is 83.6 Å². The number of nitrogens with zero attached hydrogens (tertiary/aromatic N) is 2. The second kappa shape index (κ2) is 7.41. The lowest BCUT2D eigenvalue weighted by Gasteiger charge is -2.24. The van der Waals surface area contributed by atoms with Crippen LogP contribution in [0.1, 0.15) is 27.2 Å². The number of hydrogen-bond donors (Lipinski definition) is 0. The number of aromatic nitrogens is 1. The van der Waals surface area contributed by atoms with Gasteiger partial charge in [-0.25, -0.2) is 4.79 Å². The molecule has 0 unspecified atom stereocenters. The molecule has 1 aliphatic heterocycles. The Morgan fingerprint density at radius 2 is 2.04 bits per heavy atom. The van der Waals surface area contributed by atoms with E-state index in [0.29, 0.717) is 5.56 Å². The zero-order chi connectivity index (χ0) is 18.8. The average Bonchev–Trinajstić information content (AvgIpc) is 2.99. The first-order chi connectivity index (χ1) is 13.2. The number of ether oxygens (including phenoxy) is 1. The largest absolute Gasteiger partial charge is 0.458 e. The third-order valence-electron chi connectivity index (χ3n) is 5.20. The van der Waals surface area contributed by atoms with Crippen molar-refractivity contribution < 1.29 is 9.53 Å². The zero-order valence-electron chi connectivity index (χ0n) is 15.6. The number of carbonyl (C=O) groups is 1. The molecule has 0 N–H and O–H groups in total. The molecule has 4 rings (SSSR count). The van der Waals surface area contributed by atoms with Crippen LogP contribution in [0.15, 0.2) is 61.2 Å². The van der Waals surface area contributed by atoms with Crippen LogP contribution < -0.4 is 0 Å². The number of benzene rings is 2. The summed E-state index contributed by atoms with van der Waals surface area (Å²) in [5, 5.41) is 1.15. The number of esters is 1. The Kier molecular flexibility index (Phi) is 4.82. The third kappa shape index (κ3) is 3.40. The Balaban J connectivity index is 1.81. The van der Waals surface area contributed by atoms with Gasteiger partial charge in [0.25, 0.3) is 0 Å². The third-order valence-corrected chi connectivity index (χ3v) is 5.20. The highest BCUT2D eigenvalue weighted by atomic mass is 16.5. The molecule has 1 aromatic heterocycles. The summed E-state index contributed by atoms with van der Waals surface area (Å²) in [6.07, 6.45) is 2.60. The van der Waals surface area contributed by atoms with Gasteiger partial charge in [0.05, 0.1) is 5.56 Å². The maximum Gasteiger partial charge on any atom is 0.338 e. The van der Waals surface area contributed by atoms with Gasteiger partial charge in [-0.1, -0.05) is 43.0 Å². The van der Waals surface area contributed by atoms with Gasteiger partial charge in [0, 0.05) is 42.7 Å². The maximum atomic E-state index is 12.3. The fourth-order valence-electron chi connectivity index (χ4n) is 3.88. The van der Waals surface area contributed by atoms with Crippen molar-refractivity contribution in [2.75, 3.05) is 20.2 Å². The van der Waals surface area contributed by atoms with Gasteiger partial charge in [-0.3, -0.25) is 0 Å². The number of carbonyl (C=O) groups excluding carboxylic acids is 1. The quantitative estimate of drug-likeness (QED) is 0.509. The van der Waals surface area contributed by atoms with Gasteiger partial charge in [-0.05, 0) is 36.4 Å². The lowest BCUT2D eigenvalue weighted by Crippen LogP contribution is -2.27. The maximum absolute atomic E-state index is 12.3. The van der Waals surface area contributed by atoms with Crippen molar-refractivity contribution in [2.45, 2.75) is 19.5 Å². The summed E-state index contributed by atoms with van der Waals surface area (Å²) in [6.45, 7) is 6.62. The predicted octanol–water partition coefficient (Wildman–Crippen LogP) is 4.02. The minimum Gasteiger partial charge on any atom is -0.458 e. The second-order valence-corrected chi connectivity index (χ2v) is 7.10. The smallest absolute Gasteiger partial charge is 0.338 e. The van der Waals surface area contributed by atoms with Crippen LogP contribution in [0.5, 0.6) is 0 Å². The van der Waals surface area contributed by atoms with E-state index in [1.165, 1.54) is 22.3 Å². The molecule has 4 nitrogen and oxygen atoms in total. The Labute approximate surface area is 159 Å². The topological polar surface area (TPSA) is 34.5 Å². The van der Waals surface area contributed by atoms with Crippen molar-refractivity contribution in [3.8, 4) is 0 Å². The summed E-state index contributed by atoms with van der Waals surface area (Å²) < 4.78 is 7.63. The van der Waals surface area contributed by atoms with Crippen LogP contribution in [0, 0.1) is 0 Å². The van der Waals surface area contributed by atoms with Crippen LogP contribution in [0.3, 0.4) is 0 Å². The monoisotopic (exact) mass is 360 g/mol. The summed E-state index contributed by atoms with van der Waals surface area (Å²) in [4.78, 5) is 14.6. The first kappa shape index (κ1) is 17.6. The molecule has 27 heavy (non-hydrogen) atoms. The molecule has 3 aromatic rings. The highest BCUT2D eigenvalue weighted by Crippen LogP contribution is 2.32. The van der Waals surface area contributed by atoms with Crippen molar-refractivity contribution >= 4 is 16.9 Å². The van der Waals surface area contributed by atoms with Crippen molar-refractivity contribution in [2.24, 2.45) is 0 Å². The van der Waals surface area contributed by atoms with Crippen molar-refractivity contribution in [1.82, 2.24) is 9.47 Å². The highest BCUT2D eigenvalue weighted by Gasteiger charge is 2.23. The van der Waals surface area contributed by atoms with Crippen LogP contribution >= 0.6 is 0 Å². The fourth-order valence-corrected chi connectivity index (χ4v) is 3.88. The van der Waals surface area contributed by atoms with E-state index in [2.05, 4.69) is 53.4 Å². The van der Waals surface area contributed by atoms with E-state index in [9.17, 15) is 4.79 Å². The minimum absolute atomic E-state index is 0.229. The van der Waals surface area contributed by atoms with Crippen LogP contribution in [-0.4, -0.2) is 35.6 Å². The molecule has 0 bridgehead atoms. The van der Waals surface area contributed by atoms with E-state index in [1.807, 2.05) is 18.2 Å². The first-order valence-electron chi connectivity index (χ1n) is 9.32. The van der Waals surface area contributed by atoms with E-state index in [0.717, 1.165) is 31.4 Å². The van der Waals surface area contributed by atoms with E-state index in [4.69, 9.17) is 4.74 Å². The number of hydrogen-bond acceptors (Lipinski definition) is 3. The molecule has 2 heterocycles. The van der Waals surface area contributed by atoms with Gasteiger partial charge in [-0.2, -0.15) is 0 Å². The van der Waals surface area contributed by atoms with E-state index >= 15 is 0 Å². The Hall–Kier alpha value is -2.85. The van der Waals surface area contributed by atoms with Gasteiger partial charge in [0.2, 0.25) is 0 Å². The molecule has 0 saturated heterocycles. The molecule has 4 heteroatoms. The summed E-state index contributed by atoms with van der Waals surface area (Å²) in [7, 11) is 2.14. The minimum atomic E-state index is -0.300. The Morgan fingerprint density at radius 3 is 2.81 bits per heavy atom. The molecule has 1 aliphatic rings. The van der Waals surface area contributed by atoms with Gasteiger partial charge in [-0.15, -0.1) is 0 Å². The lowest BCUT2D eigenvalue weighted by molar-refractivity contribution is 0.0550. The molecule has 0 aliphatic carbocycles. The van der Waals surface area contributed by atoms with Gasteiger partial charge < -0.3 is 14.2 Å². The van der Waals surface area contributed by atoms with E-state index in [-0.39, 0.29) is 12.6 Å². The molecular weight excluding hydrogens is 336 g/mol. The molecule has 0 radical (unpaired) electrons. The Bertz CT molecular complexity index is 989. The first-order valence-corrected chi connectivity index (χ1v) is 9.32. The summed E-state index contributed by atoms with van der Waals surface area (Å²) in [6, 6.07) is 16.4. The van der Waals surface area contributed by atoms with E-state index in [1.54, 1.807) is 6.08 Å². The summed E-state index contributed by atoms with van der Waals surface area (Å²) in [5.41, 5.74) is 5.76. The number of likely N-dealkylation sites (N-methyl/N-ethyl adjacent to an activating group) is 1. The standard InChI is InChI=1S/C23H24N2O2/c1-3-13-27-23(26)18-9-10-21-19(14-18)20-16-24(2)12-11-22(20)25(21)15-17-7-5-4-6-8-17/h3-10,14H,1,11-13,15-16H2,2H3. The SMILES string of the molecule is C=CCOC(=O)c1ccc2c(c1)c1c(n2Cc2ccccc2)CCN(C)C1. The van der Waals surface area contributed by atoms with E-state index < -0.39 is 0 Å². The van der Waals surface area contributed by atoms with Crippen LogP contribution in [0.25, 0.3) is 10.9 Å². The van der Waals surface area contributed by atoms with Gasteiger partial charge >= 0.3 is 5.97 Å². The fraction of sp³-hybridized carbons (Fsp3) is 0.261. The van der Waals surface area contributed by atoms with Crippen molar-refractivity contribution in [1.29, 1.82) is 0 Å². The number of fused-ring (bicyclic) bond motifs is 3. The molecule has 0 fully saturated rings. The molecule has 0 amide bonds. The summed E-state index contributed by atoms with van der Waals surface area (Å²) >= 11 is 0. The van der Waals surface area contributed by atoms with Crippen LogP contribution in [-0.2, 0) is 24.2 Å². The zero-order valence-corrected chi connectivity index (χ0v) is 15.6. The highest BCUT2D eigenvalue weighted by molar-refractivity contribution is 5.96. The lowest BCUT2D eigenvalue weighted by atomic mass is 10.0. The van der Waals surface area contributed by atoms with Crippen molar-refractivity contribution in [3.63, 3.8) is 0 Å². The molecule has 0 spiro atoms. The molecule has 2 aromatic carbocycles. The van der Waals surface area contributed by atoms with Crippen LogP contribution in [0.4, 0.5) is 0 Å². The second-order valence-electron chi connectivity index (χ2n) is 7.10. The molecule has 0 saturated carbocycles. The predicted molar refractivity (Wildman–Crippen MR) is 108 cm³/mol. The van der Waals surface area contributed by atoms with Gasteiger partial charge in [0.1, 0.15) is 6.61 Å². The normalized spacial score (nSPS) is 14.1. The average molecular weight is 360 g/mol. The molecule has 0 atom stereocenters. The number of rotatable bonds is 5. The van der Waals surface area contributed by atoms with Gasteiger partial charge in [0.15, 0.2) is 0 Å². The van der Waals surface area contributed by atoms with Crippen LogP contribution in [0.2, 0.25) is 0 Å². The summed E-state index contributed by atoms with van der Waals surface area (Å²) in [5.74, 6) is -0.300. The molecule has 138 valence electrons.